The number of carbonyl (C=O) groups is 2. The molecule has 1 unspecified atom stereocenters. The van der Waals surface area contributed by atoms with Crippen LogP contribution in [-0.2, 0) is 17.6 Å². The van der Waals surface area contributed by atoms with Crippen LogP contribution >= 0.6 is 0 Å². The summed E-state index contributed by atoms with van der Waals surface area (Å²) in [5.41, 5.74) is 10.1. The molecule has 0 aliphatic rings. The molecular weight excluding hydrogens is 374 g/mol. The molecule has 0 heterocycles. The first kappa shape index (κ1) is 21.3. The van der Waals surface area contributed by atoms with E-state index in [0.29, 0.717) is 18.4 Å². The highest BCUT2D eigenvalue weighted by Gasteiger charge is 2.17. The molecule has 1 atom stereocenters. The van der Waals surface area contributed by atoms with Gasteiger partial charge >= 0.3 is 5.97 Å². The van der Waals surface area contributed by atoms with Crippen molar-refractivity contribution in [2.75, 3.05) is 0 Å². The molecule has 0 fully saturated rings. The van der Waals surface area contributed by atoms with Crippen LogP contribution in [0.25, 0.3) is 11.1 Å². The van der Waals surface area contributed by atoms with E-state index >= 15 is 0 Å². The fraction of sp³-hybridized carbons (Fsp3) is 0.231. The Kier molecular flexibility index (Phi) is 7.39. The van der Waals surface area contributed by atoms with Crippen molar-refractivity contribution >= 4 is 11.9 Å². The number of rotatable bonds is 10. The summed E-state index contributed by atoms with van der Waals surface area (Å²) in [6.07, 6.45) is 3.81. The van der Waals surface area contributed by atoms with E-state index in [9.17, 15) is 14.7 Å². The molecule has 0 aliphatic heterocycles. The van der Waals surface area contributed by atoms with Gasteiger partial charge in [0.15, 0.2) is 0 Å². The molecule has 0 radical (unpaired) electrons. The minimum atomic E-state index is -0.719. The number of carbonyl (C=O) groups excluding carboxylic acids is 1. The van der Waals surface area contributed by atoms with E-state index in [2.05, 4.69) is 12.1 Å². The normalized spacial score (nSPS) is 11.7. The molecule has 30 heavy (non-hydrogen) atoms. The third kappa shape index (κ3) is 6.05. The second-order valence-electron chi connectivity index (χ2n) is 7.59. The van der Waals surface area contributed by atoms with Crippen LogP contribution in [-0.4, -0.2) is 17.0 Å². The lowest BCUT2D eigenvalue weighted by molar-refractivity contribution is -0.142. The van der Waals surface area contributed by atoms with Crippen LogP contribution in [0.5, 0.6) is 0 Å². The van der Waals surface area contributed by atoms with Gasteiger partial charge in [0.2, 0.25) is 5.91 Å². The van der Waals surface area contributed by atoms with Gasteiger partial charge in [0.25, 0.3) is 0 Å². The van der Waals surface area contributed by atoms with Crippen LogP contribution in [0.4, 0.5) is 0 Å². The first-order valence-corrected chi connectivity index (χ1v) is 10.3. The molecule has 0 aromatic heterocycles. The summed E-state index contributed by atoms with van der Waals surface area (Å²) in [6, 6.07) is 25.5. The smallest absolute Gasteiger partial charge is 0.306 e. The predicted molar refractivity (Wildman–Crippen MR) is 119 cm³/mol. The lowest BCUT2D eigenvalue weighted by atomic mass is 9.93. The lowest BCUT2D eigenvalue weighted by Gasteiger charge is -2.13. The Bertz CT molecular complexity index is 981. The number of aliphatic carboxylic acids is 1. The summed E-state index contributed by atoms with van der Waals surface area (Å²) in [4.78, 5) is 23.0. The van der Waals surface area contributed by atoms with Gasteiger partial charge in [-0.15, -0.1) is 0 Å². The molecule has 3 N–H and O–H groups in total. The Hall–Kier alpha value is -3.40. The van der Waals surface area contributed by atoms with Crippen molar-refractivity contribution in [1.82, 2.24) is 0 Å². The number of carboxylic acid groups (broad SMARTS) is 1. The Morgan fingerprint density at radius 3 is 2.13 bits per heavy atom. The number of carboxylic acids is 1. The molecule has 4 nitrogen and oxygen atoms in total. The van der Waals surface area contributed by atoms with Crippen molar-refractivity contribution in [1.29, 1.82) is 0 Å². The summed E-state index contributed by atoms with van der Waals surface area (Å²) in [5, 5.41) is 9.57. The van der Waals surface area contributed by atoms with Crippen molar-refractivity contribution in [2.24, 2.45) is 11.7 Å². The Morgan fingerprint density at radius 2 is 1.47 bits per heavy atom. The van der Waals surface area contributed by atoms with Gasteiger partial charge in [-0.2, -0.15) is 0 Å². The molecule has 0 bridgehead atoms. The summed E-state index contributed by atoms with van der Waals surface area (Å²) >= 11 is 0. The van der Waals surface area contributed by atoms with Gasteiger partial charge in [0.1, 0.15) is 0 Å². The fourth-order valence-corrected chi connectivity index (χ4v) is 3.65. The maximum absolute atomic E-state index is 11.7. The molecule has 1 amide bonds. The average Bonchev–Trinajstić information content (AvgIpc) is 2.77. The van der Waals surface area contributed by atoms with Crippen LogP contribution in [0, 0.1) is 5.92 Å². The van der Waals surface area contributed by atoms with E-state index in [0.717, 1.165) is 36.0 Å². The Labute approximate surface area is 177 Å². The number of primary amides is 1. The number of hydrogen-bond donors (Lipinski definition) is 2. The highest BCUT2D eigenvalue weighted by molar-refractivity contribution is 5.94. The van der Waals surface area contributed by atoms with Crippen molar-refractivity contribution in [3.8, 4) is 11.1 Å². The second-order valence-corrected chi connectivity index (χ2v) is 7.59. The van der Waals surface area contributed by atoms with Gasteiger partial charge < -0.3 is 10.8 Å². The monoisotopic (exact) mass is 401 g/mol. The molecule has 3 aromatic carbocycles. The molecule has 0 spiro atoms. The molecule has 154 valence electrons. The van der Waals surface area contributed by atoms with Crippen LogP contribution < -0.4 is 5.73 Å². The van der Waals surface area contributed by atoms with E-state index in [1.54, 1.807) is 12.1 Å². The number of nitrogens with two attached hydrogens (primary N) is 1. The lowest BCUT2D eigenvalue weighted by Crippen LogP contribution is -2.15. The number of benzene rings is 3. The van der Waals surface area contributed by atoms with Crippen LogP contribution in [0.2, 0.25) is 0 Å². The molecule has 0 saturated carbocycles. The van der Waals surface area contributed by atoms with Gasteiger partial charge in [-0.1, -0.05) is 66.7 Å². The van der Waals surface area contributed by atoms with Gasteiger partial charge in [0.05, 0.1) is 5.92 Å². The Morgan fingerprint density at radius 1 is 0.767 bits per heavy atom. The predicted octanol–water partition coefficient (Wildman–Crippen LogP) is 5.11. The zero-order valence-corrected chi connectivity index (χ0v) is 17.0. The standard InChI is InChI=1S/C26H27NO3/c27-25(28)24-11-5-10-23(18-24)21-15-12-20(13-16-21)14-17-22(26(29)30)9-4-8-19-6-2-1-3-7-19/h1-3,5-7,10-13,15-16,18,22H,4,8-9,14,17H2,(H2,27,28)(H,29,30). The first-order chi connectivity index (χ1) is 14.5. The minimum absolute atomic E-state index is 0.333. The third-order valence-corrected chi connectivity index (χ3v) is 5.43. The minimum Gasteiger partial charge on any atom is -0.481 e. The highest BCUT2D eigenvalue weighted by Crippen LogP contribution is 2.23. The first-order valence-electron chi connectivity index (χ1n) is 10.3. The quantitative estimate of drug-likeness (QED) is 0.495. The number of amides is 1. The van der Waals surface area contributed by atoms with Crippen molar-refractivity contribution < 1.29 is 14.7 Å². The number of hydrogen-bond acceptors (Lipinski definition) is 2. The molecule has 0 saturated heterocycles. The zero-order valence-electron chi connectivity index (χ0n) is 17.0. The van der Waals surface area contributed by atoms with Gasteiger partial charge in [0, 0.05) is 5.56 Å². The maximum atomic E-state index is 11.7. The third-order valence-electron chi connectivity index (χ3n) is 5.43. The van der Waals surface area contributed by atoms with Gasteiger partial charge in [-0.25, -0.2) is 0 Å². The van der Waals surface area contributed by atoms with Crippen molar-refractivity contribution in [2.45, 2.75) is 32.1 Å². The van der Waals surface area contributed by atoms with Crippen LogP contribution in [0.15, 0.2) is 78.9 Å². The molecule has 0 aliphatic carbocycles. The summed E-state index contributed by atoms with van der Waals surface area (Å²) in [7, 11) is 0. The number of aryl methyl sites for hydroxylation is 2. The van der Waals surface area contributed by atoms with E-state index in [4.69, 9.17) is 5.73 Å². The van der Waals surface area contributed by atoms with Crippen molar-refractivity contribution in [3.05, 3.63) is 95.6 Å². The second kappa shape index (κ2) is 10.4. The van der Waals surface area contributed by atoms with Gasteiger partial charge in [-0.3, -0.25) is 9.59 Å². The largest absolute Gasteiger partial charge is 0.481 e. The topological polar surface area (TPSA) is 80.4 Å². The average molecular weight is 402 g/mol. The van der Waals surface area contributed by atoms with Crippen LogP contribution in [0.1, 0.15) is 40.7 Å². The SMILES string of the molecule is NC(=O)c1cccc(-c2ccc(CCC(CCCc3ccccc3)C(=O)O)cc2)c1. The van der Waals surface area contributed by atoms with Gasteiger partial charge in [-0.05, 0) is 66.5 Å². The molecule has 4 heteroatoms. The highest BCUT2D eigenvalue weighted by atomic mass is 16.4. The molecular formula is C26H27NO3. The summed E-state index contributed by atoms with van der Waals surface area (Å²) in [5.74, 6) is -1.50. The molecule has 3 aromatic rings. The van der Waals surface area contributed by atoms with E-state index < -0.39 is 11.9 Å². The fourth-order valence-electron chi connectivity index (χ4n) is 3.65. The Balaban J connectivity index is 1.55. The summed E-state index contributed by atoms with van der Waals surface area (Å²) < 4.78 is 0. The van der Waals surface area contributed by atoms with Crippen LogP contribution in [0.3, 0.4) is 0 Å². The zero-order chi connectivity index (χ0) is 21.3. The van der Waals surface area contributed by atoms with Crippen molar-refractivity contribution in [3.63, 3.8) is 0 Å². The summed E-state index contributed by atoms with van der Waals surface area (Å²) in [6.45, 7) is 0. The van der Waals surface area contributed by atoms with E-state index in [1.807, 2.05) is 54.6 Å². The van der Waals surface area contributed by atoms with E-state index in [1.165, 1.54) is 5.56 Å². The van der Waals surface area contributed by atoms with E-state index in [-0.39, 0.29) is 5.92 Å². The molecule has 3 rings (SSSR count). The maximum Gasteiger partial charge on any atom is 0.306 e.